The number of rotatable bonds is 7. The third-order valence-electron chi connectivity index (χ3n) is 2.28. The zero-order chi connectivity index (χ0) is 9.23. The Kier molecular flexibility index (Phi) is 8.20. The van der Waals surface area contributed by atoms with Crippen LogP contribution in [0.15, 0.2) is 24.8 Å². The van der Waals surface area contributed by atoms with Gasteiger partial charge in [-0.3, -0.25) is 0 Å². The van der Waals surface area contributed by atoms with Crippen molar-refractivity contribution in [1.29, 1.82) is 0 Å². The summed E-state index contributed by atoms with van der Waals surface area (Å²) in [6, 6.07) is 0. The monoisotopic (exact) mass is 166 g/mol. The maximum Gasteiger partial charge on any atom is -0.0319 e. The van der Waals surface area contributed by atoms with Gasteiger partial charge in [0.25, 0.3) is 0 Å². The minimum atomic E-state index is 0.890. The van der Waals surface area contributed by atoms with Crippen LogP contribution in [-0.2, 0) is 0 Å². The molecule has 0 heterocycles. The van der Waals surface area contributed by atoms with Crippen LogP contribution in [0.2, 0.25) is 0 Å². The Morgan fingerprint density at radius 1 is 1.33 bits per heavy atom. The normalized spacial score (nSPS) is 13.5. The third kappa shape index (κ3) is 6.21. The van der Waals surface area contributed by atoms with E-state index in [-0.39, 0.29) is 0 Å². The first-order valence-corrected chi connectivity index (χ1v) is 5.12. The van der Waals surface area contributed by atoms with Crippen LogP contribution in [0.25, 0.3) is 0 Å². The zero-order valence-corrected chi connectivity index (χ0v) is 8.55. The van der Waals surface area contributed by atoms with Crippen molar-refractivity contribution in [2.24, 2.45) is 5.92 Å². The molecule has 0 rings (SSSR count). The zero-order valence-electron chi connectivity index (χ0n) is 8.55. The molecule has 0 aromatic rings. The molecule has 0 heteroatoms. The maximum atomic E-state index is 3.66. The first-order valence-electron chi connectivity index (χ1n) is 5.12. The van der Waals surface area contributed by atoms with Gasteiger partial charge in [0, 0.05) is 0 Å². The average Bonchev–Trinajstić information content (AvgIpc) is 2.11. The van der Waals surface area contributed by atoms with E-state index in [1.54, 1.807) is 0 Å². The molecule has 0 radical (unpaired) electrons. The van der Waals surface area contributed by atoms with Gasteiger partial charge >= 0.3 is 0 Å². The minimum Gasteiger partial charge on any atom is -0.0991 e. The molecule has 70 valence electrons. The van der Waals surface area contributed by atoms with Gasteiger partial charge in [-0.25, -0.2) is 0 Å². The first-order chi connectivity index (χ1) is 5.85. The maximum absolute atomic E-state index is 3.66. The van der Waals surface area contributed by atoms with E-state index in [0.29, 0.717) is 0 Å². The lowest BCUT2D eigenvalue weighted by atomic mass is 9.96. The Morgan fingerprint density at radius 3 is 2.58 bits per heavy atom. The van der Waals surface area contributed by atoms with Crippen molar-refractivity contribution in [3.63, 3.8) is 0 Å². The smallest absolute Gasteiger partial charge is 0.0319 e. The summed E-state index contributed by atoms with van der Waals surface area (Å²) in [4.78, 5) is 0. The number of allylic oxidation sites excluding steroid dienone is 3. The van der Waals surface area contributed by atoms with Gasteiger partial charge in [-0.2, -0.15) is 0 Å². The molecule has 0 aliphatic heterocycles. The second kappa shape index (κ2) is 8.58. The Hall–Kier alpha value is -0.520. The second-order valence-electron chi connectivity index (χ2n) is 3.32. The van der Waals surface area contributed by atoms with Gasteiger partial charge in [0.05, 0.1) is 0 Å². The molecule has 0 aromatic carbocycles. The molecule has 0 nitrogen and oxygen atoms in total. The van der Waals surface area contributed by atoms with Crippen LogP contribution in [0.3, 0.4) is 0 Å². The molecule has 0 bridgehead atoms. The third-order valence-corrected chi connectivity index (χ3v) is 2.28. The van der Waals surface area contributed by atoms with Gasteiger partial charge in [0.15, 0.2) is 0 Å². The predicted octanol–water partition coefficient (Wildman–Crippen LogP) is 4.34. The van der Waals surface area contributed by atoms with Crippen LogP contribution < -0.4 is 0 Å². The summed E-state index contributed by atoms with van der Waals surface area (Å²) in [5, 5.41) is 0. The van der Waals surface area contributed by atoms with Gasteiger partial charge in [0.2, 0.25) is 0 Å². The molecule has 0 aliphatic rings. The van der Waals surface area contributed by atoms with Gasteiger partial charge in [-0.15, -0.1) is 0 Å². The molecule has 0 spiro atoms. The minimum absolute atomic E-state index is 0.890. The molecule has 0 N–H and O–H groups in total. The fourth-order valence-electron chi connectivity index (χ4n) is 1.35. The molecule has 1 unspecified atom stereocenters. The molecular formula is C12H22. The van der Waals surface area contributed by atoms with Crippen LogP contribution in [0, 0.1) is 5.92 Å². The summed E-state index contributed by atoms with van der Waals surface area (Å²) in [6.45, 7) is 8.19. The molecule has 0 aromatic heterocycles. The van der Waals surface area contributed by atoms with Crippen LogP contribution in [-0.4, -0.2) is 0 Å². The van der Waals surface area contributed by atoms with Crippen molar-refractivity contribution < 1.29 is 0 Å². The second-order valence-corrected chi connectivity index (χ2v) is 3.32. The summed E-state index contributed by atoms with van der Waals surface area (Å²) in [5.74, 6) is 0.890. The van der Waals surface area contributed by atoms with E-state index in [1.807, 2.05) is 6.08 Å². The summed E-state index contributed by atoms with van der Waals surface area (Å²) in [5.41, 5.74) is 0. The van der Waals surface area contributed by atoms with Crippen molar-refractivity contribution in [3.8, 4) is 0 Å². The largest absolute Gasteiger partial charge is 0.0991 e. The van der Waals surface area contributed by atoms with Crippen molar-refractivity contribution in [2.45, 2.75) is 46.0 Å². The molecular weight excluding hydrogens is 144 g/mol. The summed E-state index contributed by atoms with van der Waals surface area (Å²) in [6.07, 6.45) is 12.7. The van der Waals surface area contributed by atoms with E-state index in [4.69, 9.17) is 0 Å². The van der Waals surface area contributed by atoms with Crippen LogP contribution in [0.1, 0.15) is 46.0 Å². The van der Waals surface area contributed by atoms with Gasteiger partial charge < -0.3 is 0 Å². The van der Waals surface area contributed by atoms with E-state index in [0.717, 1.165) is 5.92 Å². The van der Waals surface area contributed by atoms with Crippen LogP contribution in [0.4, 0.5) is 0 Å². The highest BCUT2D eigenvalue weighted by molar-refractivity contribution is 4.97. The van der Waals surface area contributed by atoms with E-state index < -0.39 is 0 Å². The predicted molar refractivity (Wildman–Crippen MR) is 57.3 cm³/mol. The summed E-state index contributed by atoms with van der Waals surface area (Å²) in [7, 11) is 0. The van der Waals surface area contributed by atoms with Crippen LogP contribution >= 0.6 is 0 Å². The molecule has 0 saturated heterocycles. The average molecular weight is 166 g/mol. The Morgan fingerprint density at radius 2 is 2.08 bits per heavy atom. The van der Waals surface area contributed by atoms with Crippen molar-refractivity contribution in [2.75, 3.05) is 0 Å². The molecule has 0 saturated carbocycles. The van der Waals surface area contributed by atoms with E-state index >= 15 is 0 Å². The highest BCUT2D eigenvalue weighted by atomic mass is 14.1. The van der Waals surface area contributed by atoms with Crippen molar-refractivity contribution >= 4 is 0 Å². The molecule has 0 aliphatic carbocycles. The van der Waals surface area contributed by atoms with Gasteiger partial charge in [-0.05, 0) is 12.3 Å². The molecule has 1 atom stereocenters. The van der Waals surface area contributed by atoms with Crippen LogP contribution in [0.5, 0.6) is 0 Å². The fraction of sp³-hybridized carbons (Fsp3) is 0.667. The topological polar surface area (TPSA) is 0 Å². The molecule has 0 fully saturated rings. The first kappa shape index (κ1) is 11.5. The number of unbranched alkanes of at least 4 members (excludes halogenated alkanes) is 1. The highest BCUT2D eigenvalue weighted by Gasteiger charge is 2.01. The molecule has 0 amide bonds. The lowest BCUT2D eigenvalue weighted by Gasteiger charge is -2.10. The standard InChI is InChI=1S/C12H22/c1-4-7-9-11-12(6-3)10-8-5-2/h4,7,9,12H,1,5-6,8,10-11H2,2-3H3. The quantitative estimate of drug-likeness (QED) is 0.494. The van der Waals surface area contributed by atoms with Gasteiger partial charge in [0.1, 0.15) is 0 Å². The Labute approximate surface area is 77.4 Å². The van der Waals surface area contributed by atoms with E-state index in [2.05, 4.69) is 32.6 Å². The number of hydrogen-bond donors (Lipinski definition) is 0. The summed E-state index contributed by atoms with van der Waals surface area (Å²) >= 11 is 0. The number of hydrogen-bond acceptors (Lipinski definition) is 0. The van der Waals surface area contributed by atoms with Gasteiger partial charge in [-0.1, -0.05) is 64.3 Å². The fourth-order valence-corrected chi connectivity index (χ4v) is 1.35. The Bertz CT molecular complexity index is 122. The highest BCUT2D eigenvalue weighted by Crippen LogP contribution is 2.16. The van der Waals surface area contributed by atoms with Crippen molar-refractivity contribution in [1.82, 2.24) is 0 Å². The van der Waals surface area contributed by atoms with E-state index in [9.17, 15) is 0 Å². The van der Waals surface area contributed by atoms with Crippen molar-refractivity contribution in [3.05, 3.63) is 24.8 Å². The lowest BCUT2D eigenvalue weighted by Crippen LogP contribution is -1.96. The Balaban J connectivity index is 3.51. The van der Waals surface area contributed by atoms with E-state index in [1.165, 1.54) is 32.1 Å². The SMILES string of the molecule is C=CC=CCC(CC)CCCC. The summed E-state index contributed by atoms with van der Waals surface area (Å²) < 4.78 is 0. The lowest BCUT2D eigenvalue weighted by molar-refractivity contribution is 0.456. The molecule has 12 heavy (non-hydrogen) atoms.